The van der Waals surface area contributed by atoms with Crippen molar-refractivity contribution in [3.8, 4) is 5.69 Å². The minimum absolute atomic E-state index is 0.0438. The number of rotatable bonds is 5. The van der Waals surface area contributed by atoms with Gasteiger partial charge in [-0.3, -0.25) is 4.79 Å². The van der Waals surface area contributed by atoms with E-state index < -0.39 is 11.7 Å². The summed E-state index contributed by atoms with van der Waals surface area (Å²) in [6, 6.07) is 7.57. The normalized spacial score (nSPS) is 10.9. The van der Waals surface area contributed by atoms with E-state index in [0.717, 1.165) is 0 Å². The molecule has 0 bridgehead atoms. The maximum Gasteiger partial charge on any atom is 0.258 e. The lowest BCUT2D eigenvalue weighted by Crippen LogP contribution is -2.15. The number of thioether (sulfide) groups is 1. The van der Waals surface area contributed by atoms with Crippen LogP contribution in [0.1, 0.15) is 24.2 Å². The second-order valence-electron chi connectivity index (χ2n) is 5.40. The third-order valence-corrected chi connectivity index (χ3v) is 4.19. The van der Waals surface area contributed by atoms with E-state index in [0.29, 0.717) is 16.3 Å². The summed E-state index contributed by atoms with van der Waals surface area (Å²) in [6.07, 6.45) is 3.01. The molecule has 0 unspecified atom stereocenters. The number of anilines is 1. The third-order valence-electron chi connectivity index (χ3n) is 3.17. The lowest BCUT2D eigenvalue weighted by Gasteiger charge is -2.11. The molecule has 9 heteroatoms. The molecule has 2 heterocycles. The molecular weight excluding hydrogens is 343 g/mol. The van der Waals surface area contributed by atoms with E-state index >= 15 is 0 Å². The average Bonchev–Trinajstić information content (AvgIpc) is 3.11. The topological polar surface area (TPSA) is 85.6 Å². The lowest BCUT2D eigenvalue weighted by molar-refractivity contribution is 0.102. The van der Waals surface area contributed by atoms with Crippen LogP contribution in [0.15, 0.2) is 47.9 Å². The number of carbonyl (C=O) groups excluding carboxylic acids is 1. The highest BCUT2D eigenvalue weighted by molar-refractivity contribution is 7.99. The van der Waals surface area contributed by atoms with Crippen molar-refractivity contribution in [3.05, 3.63) is 54.2 Å². The molecule has 0 saturated carbocycles. The van der Waals surface area contributed by atoms with Gasteiger partial charge in [0.2, 0.25) is 0 Å². The summed E-state index contributed by atoms with van der Waals surface area (Å²) >= 11 is 1.47. The summed E-state index contributed by atoms with van der Waals surface area (Å²) in [5.41, 5.74) is 0.973. The van der Waals surface area contributed by atoms with Crippen LogP contribution in [0.5, 0.6) is 0 Å². The monoisotopic (exact) mass is 358 g/mol. The van der Waals surface area contributed by atoms with Gasteiger partial charge >= 0.3 is 0 Å². The number of pyridine rings is 1. The fourth-order valence-corrected chi connectivity index (χ4v) is 2.96. The molecule has 128 valence electrons. The summed E-state index contributed by atoms with van der Waals surface area (Å²) in [6.45, 7) is 4.02. The Morgan fingerprint density at radius 1 is 1.32 bits per heavy atom. The van der Waals surface area contributed by atoms with Crippen molar-refractivity contribution >= 4 is 23.4 Å². The molecule has 3 rings (SSSR count). The highest BCUT2D eigenvalue weighted by Gasteiger charge is 2.16. The van der Waals surface area contributed by atoms with Gasteiger partial charge in [0.15, 0.2) is 0 Å². The molecule has 1 N–H and O–H groups in total. The van der Waals surface area contributed by atoms with E-state index in [2.05, 4.69) is 25.8 Å². The van der Waals surface area contributed by atoms with E-state index in [1.54, 1.807) is 18.3 Å². The lowest BCUT2D eigenvalue weighted by atomic mass is 10.2. The zero-order chi connectivity index (χ0) is 17.8. The molecule has 1 amide bonds. The van der Waals surface area contributed by atoms with Crippen molar-refractivity contribution in [2.24, 2.45) is 0 Å². The Balaban J connectivity index is 1.88. The van der Waals surface area contributed by atoms with E-state index in [4.69, 9.17) is 0 Å². The molecule has 2 aromatic heterocycles. The Labute approximate surface area is 147 Å². The van der Waals surface area contributed by atoms with Crippen LogP contribution in [0.3, 0.4) is 0 Å². The zero-order valence-corrected chi connectivity index (χ0v) is 14.4. The van der Waals surface area contributed by atoms with Crippen LogP contribution in [-0.2, 0) is 0 Å². The molecule has 0 spiro atoms. The maximum atomic E-state index is 14.1. The van der Waals surface area contributed by atoms with Crippen LogP contribution in [0.2, 0.25) is 0 Å². The van der Waals surface area contributed by atoms with Crippen LogP contribution in [0.4, 0.5) is 10.1 Å². The SMILES string of the molecule is CC(C)Sc1ncccc1C(=O)Nc1cc(-n2cnnn2)ccc1F. The van der Waals surface area contributed by atoms with Crippen molar-refractivity contribution < 1.29 is 9.18 Å². The molecular formula is C16H15FN6OS. The predicted octanol–water partition coefficient (Wildman–Crippen LogP) is 2.95. The fourth-order valence-electron chi connectivity index (χ4n) is 2.10. The average molecular weight is 358 g/mol. The number of hydrogen-bond acceptors (Lipinski definition) is 6. The number of benzene rings is 1. The summed E-state index contributed by atoms with van der Waals surface area (Å²) in [7, 11) is 0. The Morgan fingerprint density at radius 3 is 2.88 bits per heavy atom. The highest BCUT2D eigenvalue weighted by Crippen LogP contribution is 2.26. The Kier molecular flexibility index (Phi) is 5.03. The van der Waals surface area contributed by atoms with Gasteiger partial charge in [-0.1, -0.05) is 13.8 Å². The van der Waals surface area contributed by atoms with Gasteiger partial charge in [0.1, 0.15) is 17.2 Å². The first-order valence-corrected chi connectivity index (χ1v) is 8.38. The molecule has 7 nitrogen and oxygen atoms in total. The van der Waals surface area contributed by atoms with Gasteiger partial charge in [0, 0.05) is 11.4 Å². The van der Waals surface area contributed by atoms with Gasteiger partial charge in [0.05, 0.1) is 16.9 Å². The highest BCUT2D eigenvalue weighted by atomic mass is 32.2. The van der Waals surface area contributed by atoms with Gasteiger partial charge in [-0.2, -0.15) is 0 Å². The number of carbonyl (C=O) groups is 1. The summed E-state index contributed by atoms with van der Waals surface area (Å²) < 4.78 is 15.5. The molecule has 0 aliphatic carbocycles. The first-order valence-electron chi connectivity index (χ1n) is 7.50. The first-order chi connectivity index (χ1) is 12.0. The van der Waals surface area contributed by atoms with E-state index in [9.17, 15) is 9.18 Å². The van der Waals surface area contributed by atoms with Crippen molar-refractivity contribution in [2.45, 2.75) is 24.1 Å². The number of hydrogen-bond donors (Lipinski definition) is 1. The first kappa shape index (κ1) is 17.0. The number of halogens is 1. The summed E-state index contributed by atoms with van der Waals surface area (Å²) in [4.78, 5) is 16.8. The molecule has 0 aliphatic heterocycles. The van der Waals surface area contributed by atoms with Crippen LogP contribution in [0.25, 0.3) is 5.69 Å². The molecule has 3 aromatic rings. The molecule has 1 aromatic carbocycles. The third kappa shape index (κ3) is 4.00. The standard InChI is InChI=1S/C16H15FN6OS/c1-10(2)25-16-12(4-3-7-18-16)15(24)20-14-8-11(5-6-13(14)17)23-9-19-21-22-23/h3-10H,1-2H3,(H,20,24). The largest absolute Gasteiger partial charge is 0.319 e. The van der Waals surface area contributed by atoms with Gasteiger partial charge < -0.3 is 5.32 Å². The summed E-state index contributed by atoms with van der Waals surface area (Å²) in [5, 5.41) is 14.3. The van der Waals surface area contributed by atoms with Crippen molar-refractivity contribution in [1.29, 1.82) is 0 Å². The van der Waals surface area contributed by atoms with E-state index in [1.807, 2.05) is 13.8 Å². The smallest absolute Gasteiger partial charge is 0.258 e. The fraction of sp³-hybridized carbons (Fsp3) is 0.188. The Morgan fingerprint density at radius 2 is 2.16 bits per heavy atom. The van der Waals surface area contributed by atoms with Crippen LogP contribution in [-0.4, -0.2) is 36.3 Å². The van der Waals surface area contributed by atoms with Crippen LogP contribution >= 0.6 is 11.8 Å². The molecule has 0 fully saturated rings. The second kappa shape index (κ2) is 7.39. The quantitative estimate of drug-likeness (QED) is 0.706. The molecule has 0 atom stereocenters. The number of aromatic nitrogens is 5. The Hall–Kier alpha value is -2.81. The number of amides is 1. The zero-order valence-electron chi connectivity index (χ0n) is 13.5. The van der Waals surface area contributed by atoms with Crippen LogP contribution in [0, 0.1) is 5.82 Å². The van der Waals surface area contributed by atoms with Crippen LogP contribution < -0.4 is 5.32 Å². The van der Waals surface area contributed by atoms with Gasteiger partial charge in [-0.15, -0.1) is 16.9 Å². The Bertz CT molecular complexity index is 884. The van der Waals surface area contributed by atoms with Gasteiger partial charge in [0.25, 0.3) is 5.91 Å². The number of nitrogens with zero attached hydrogens (tertiary/aromatic N) is 5. The molecule has 0 saturated heterocycles. The maximum absolute atomic E-state index is 14.1. The molecule has 0 aliphatic rings. The van der Waals surface area contributed by atoms with Crippen molar-refractivity contribution in [1.82, 2.24) is 25.2 Å². The minimum atomic E-state index is -0.549. The summed E-state index contributed by atoms with van der Waals surface area (Å²) in [5.74, 6) is -0.976. The second-order valence-corrected chi connectivity index (χ2v) is 6.96. The molecule has 0 radical (unpaired) electrons. The number of tetrazole rings is 1. The van der Waals surface area contributed by atoms with Crippen molar-refractivity contribution in [3.63, 3.8) is 0 Å². The van der Waals surface area contributed by atoms with E-state index in [1.165, 1.54) is 41.0 Å². The minimum Gasteiger partial charge on any atom is -0.319 e. The number of nitrogens with one attached hydrogen (secondary N) is 1. The van der Waals surface area contributed by atoms with Gasteiger partial charge in [-0.05, 0) is 40.8 Å². The molecule has 25 heavy (non-hydrogen) atoms. The van der Waals surface area contributed by atoms with Gasteiger partial charge in [-0.25, -0.2) is 14.1 Å². The van der Waals surface area contributed by atoms with Crippen molar-refractivity contribution in [2.75, 3.05) is 5.32 Å². The van der Waals surface area contributed by atoms with E-state index in [-0.39, 0.29) is 10.9 Å². The predicted molar refractivity (Wildman–Crippen MR) is 92.3 cm³/mol.